The molecule has 0 aromatic carbocycles. The molecule has 127 heavy (non-hydrogen) atoms. The summed E-state index contributed by atoms with van der Waals surface area (Å²) >= 11 is 0. The molecule has 0 bridgehead atoms. The number of carbonyl (C=O) groups excluding carboxylic acids is 8. The molecule has 728 valence electrons. The van der Waals surface area contributed by atoms with Gasteiger partial charge in [0.15, 0.2) is 25.1 Å². The normalized spacial score (nSPS) is 24.0. The minimum absolute atomic E-state index is 0.00708. The molecule has 4 saturated heterocycles. The van der Waals surface area contributed by atoms with E-state index in [0.717, 1.165) is 89.2 Å². The monoisotopic (exact) mass is 1830 g/mol. The summed E-state index contributed by atoms with van der Waals surface area (Å²) in [5.74, 6) is 2.46. The topological polar surface area (TPSA) is 575 Å². The largest absolute Gasteiger partial charge is 0.749 e. The van der Waals surface area contributed by atoms with Crippen molar-refractivity contribution in [2.45, 2.75) is 324 Å². The van der Waals surface area contributed by atoms with Crippen LogP contribution in [-0.4, -0.2) is 333 Å². The van der Waals surface area contributed by atoms with Crippen molar-refractivity contribution in [1.29, 1.82) is 0 Å². The van der Waals surface area contributed by atoms with Gasteiger partial charge in [-0.1, -0.05) is 103 Å². The third kappa shape index (κ3) is 47.8. The number of carbonyl (C=O) groups is 8. The number of likely N-dealkylation sites (tertiary alicyclic amines) is 1. The van der Waals surface area contributed by atoms with E-state index in [1.54, 1.807) is 11.1 Å². The van der Waals surface area contributed by atoms with Crippen molar-refractivity contribution in [2.24, 2.45) is 21.9 Å². The van der Waals surface area contributed by atoms with Gasteiger partial charge < -0.3 is 137 Å². The third-order valence-corrected chi connectivity index (χ3v) is 22.7. The molecule has 0 aliphatic carbocycles. The molecule has 40 nitrogen and oxygen atoms in total. The first-order valence-electron chi connectivity index (χ1n) is 45.5. The minimum atomic E-state index is -2.18. The molecule has 0 aromatic rings. The zero-order chi connectivity index (χ0) is 92.8. The van der Waals surface area contributed by atoms with Gasteiger partial charge in [-0.2, -0.15) is 5.10 Å². The fourth-order valence-corrected chi connectivity index (χ4v) is 15.3. The maximum absolute atomic E-state index is 14.7. The number of unbranched alkanes of at least 4 members (excludes halogenated alkanes) is 20. The molecule has 4 rings (SSSR count). The number of aliphatic imine (C=N–C) groups is 1. The lowest BCUT2D eigenvalue weighted by Gasteiger charge is -2.42. The van der Waals surface area contributed by atoms with E-state index >= 15 is 0 Å². The van der Waals surface area contributed by atoms with Gasteiger partial charge >= 0.3 is 8.25 Å². The average Bonchev–Trinajstić information content (AvgIpc) is 0.832. The first-order valence-corrected chi connectivity index (χ1v) is 46.6. The Morgan fingerprint density at radius 2 is 0.850 bits per heavy atom. The number of nitrogens with two attached hydrogens (primary N) is 1. The molecule has 0 aromatic heterocycles. The number of piperidine rings is 1. The lowest BCUT2D eigenvalue weighted by molar-refractivity contribution is -0.270. The number of hydrogen-bond donors (Lipinski definition) is 17. The highest BCUT2D eigenvalue weighted by Crippen LogP contribution is 2.29. The molecule has 41 heteroatoms. The Bertz CT molecular complexity index is 3050. The second-order valence-corrected chi connectivity index (χ2v) is 33.6. The summed E-state index contributed by atoms with van der Waals surface area (Å²) in [7, 11) is -2.18. The van der Waals surface area contributed by atoms with Crippen LogP contribution >= 0.6 is 8.25 Å². The molecule has 16 atom stereocenters. The summed E-state index contributed by atoms with van der Waals surface area (Å²) in [4.78, 5) is 110. The Kier molecular flexibility index (Phi) is 60.6. The Balaban J connectivity index is 1.32. The van der Waals surface area contributed by atoms with Gasteiger partial charge in [-0.3, -0.25) is 43.3 Å². The van der Waals surface area contributed by atoms with E-state index < -0.39 is 149 Å². The van der Waals surface area contributed by atoms with Gasteiger partial charge in [0.1, 0.15) is 85.2 Å². The van der Waals surface area contributed by atoms with Crippen LogP contribution < -0.4 is 43.1 Å². The van der Waals surface area contributed by atoms with Crippen LogP contribution in [0.5, 0.6) is 0 Å². The average molecular weight is 1830 g/mol. The Labute approximate surface area is 748 Å². The van der Waals surface area contributed by atoms with Crippen LogP contribution in [0.1, 0.15) is 226 Å². The lowest BCUT2D eigenvalue weighted by atomic mass is 9.93. The first-order chi connectivity index (χ1) is 61.3. The van der Waals surface area contributed by atoms with Crippen molar-refractivity contribution in [3.05, 3.63) is 30.7 Å². The van der Waals surface area contributed by atoms with E-state index in [2.05, 4.69) is 59.6 Å². The van der Waals surface area contributed by atoms with Crippen LogP contribution in [0.25, 0.3) is 0 Å². The van der Waals surface area contributed by atoms with Crippen LogP contribution in [-0.2, 0) is 94.6 Å². The van der Waals surface area contributed by atoms with Crippen LogP contribution in [0.15, 0.2) is 40.8 Å². The molecule has 4 aliphatic heterocycles. The summed E-state index contributed by atoms with van der Waals surface area (Å²) in [6.07, 6.45) is 12.7. The molecule has 0 radical (unpaired) electrons. The number of hydrazone groups is 1. The maximum Gasteiger partial charge on any atom is 0.749 e. The van der Waals surface area contributed by atoms with Crippen LogP contribution in [0.2, 0.25) is 0 Å². The van der Waals surface area contributed by atoms with Crippen molar-refractivity contribution in [2.75, 3.05) is 125 Å². The smallest absolute Gasteiger partial charge is 0.394 e. The zero-order valence-electron chi connectivity index (χ0n) is 74.9. The van der Waals surface area contributed by atoms with Gasteiger partial charge in [-0.25, -0.2) is 4.52 Å². The number of rotatable bonds is 71. The third-order valence-electron chi connectivity index (χ3n) is 22.0. The van der Waals surface area contributed by atoms with E-state index in [1.807, 2.05) is 0 Å². The maximum atomic E-state index is 14.7. The fraction of sp³-hybridized carbons (Fsp3) is 0.826. The lowest BCUT2D eigenvalue weighted by Crippen LogP contribution is -2.64. The quantitative estimate of drug-likeness (QED) is 0.00605. The minimum Gasteiger partial charge on any atom is -0.394 e. The highest BCUT2D eigenvalue weighted by atomic mass is 31.1. The van der Waals surface area contributed by atoms with E-state index in [-0.39, 0.29) is 108 Å². The highest BCUT2D eigenvalue weighted by molar-refractivity contribution is 7.33. The first kappa shape index (κ1) is 113. The Hall–Kier alpha value is -6.70. The van der Waals surface area contributed by atoms with E-state index in [9.17, 15) is 88.9 Å². The molecule has 8 amide bonds. The van der Waals surface area contributed by atoms with Gasteiger partial charge in [0.05, 0.1) is 65.2 Å². The van der Waals surface area contributed by atoms with Crippen LogP contribution in [0.3, 0.4) is 0 Å². The predicted octanol–water partition coefficient (Wildman–Crippen LogP) is 1.99. The van der Waals surface area contributed by atoms with Crippen molar-refractivity contribution >= 4 is 67.4 Å². The summed E-state index contributed by atoms with van der Waals surface area (Å²) < 4.78 is 74.9. The summed E-state index contributed by atoms with van der Waals surface area (Å²) in [5.41, 5.74) is 1.88. The molecule has 0 saturated carbocycles. The molecule has 18 N–H and O–H groups in total. The molecule has 4 fully saturated rings. The predicted molar refractivity (Wildman–Crippen MR) is 467 cm³/mol. The van der Waals surface area contributed by atoms with Gasteiger partial charge in [-0.05, 0) is 95.6 Å². The second kappa shape index (κ2) is 68.3. The van der Waals surface area contributed by atoms with Crippen molar-refractivity contribution in [1.82, 2.24) is 42.1 Å². The number of hydrogen-bond acceptors (Lipinski definition) is 32. The van der Waals surface area contributed by atoms with Gasteiger partial charge in [0, 0.05) is 122 Å². The molecule has 0 spiro atoms. The Morgan fingerprint density at radius 1 is 0.488 bits per heavy atom. The SMILES string of the molecule is C=C=C/C=C/O[P+](=O)OCCCCCCCCCCC(C=NCCCCCCCC(=O)N1CCC(C(=O)NC(COCCC(=O)NCCCCCCOC2OC(CO)C(O)C(O)C2NC(C)=O)(COCCC(=O)NCCCCCCOC2OC(CO)C(O)C(O)C2NC(C)=O)COCCC(=O)NCCCCCCOC2OC(CO)C(O)C(O)C2NC(C)=O)CC1)=NN. The molecular formula is C86H151N11O29P+. The number of amides is 8. The Morgan fingerprint density at radius 3 is 1.23 bits per heavy atom. The van der Waals surface area contributed by atoms with Crippen molar-refractivity contribution in [3.8, 4) is 0 Å². The number of nitrogens with zero attached hydrogens (tertiary/aromatic N) is 3. The standard InChI is InChI=1S/C86H150N11O29P/c1-5-6-28-49-122-127(115)123-50-32-18-10-8-7-9-12-22-33-65(96-87)54-88-40-24-14-11-13-23-34-72(107)97-44-35-64(36-45-97)82(114)95-86(58-116-51-37-69(104)89-41-25-15-19-29-46-119-83-73(92-61(2)101)79(111)76(108)66(55-98)124-83,59-117-52-38-70(105)90-42-26-16-20-30-47-120-84-74(93-62(3)102)80(112)77(109)67(56-99)125-84)60-118-53-39-71(106)91-43-27-17-21-31-48-121-85-75(94-63(4)103)81(113)78(110)68(57-100)126-85/h6,28,49,54,64,66-68,73-81,83-85,98-100,108-113H,1,7-27,29-48,50-53,55-60H2,2-4H3,(H8-,87,88,89,90,91,92,93,94,95,101,102,103,104,105,106,114)/p+1/b49-28+. The molecule has 4 aliphatic rings. The number of nitrogens with one attached hydrogen (secondary N) is 7. The number of ether oxygens (including phenoxy) is 9. The summed E-state index contributed by atoms with van der Waals surface area (Å²) in [6.45, 7) is 7.76. The van der Waals surface area contributed by atoms with Crippen molar-refractivity contribution < 1.29 is 141 Å². The van der Waals surface area contributed by atoms with Crippen molar-refractivity contribution in [3.63, 3.8) is 0 Å². The number of aliphatic hydroxyl groups is 9. The van der Waals surface area contributed by atoms with E-state index in [0.29, 0.717) is 149 Å². The van der Waals surface area contributed by atoms with Gasteiger partial charge in [-0.15, -0.1) is 10.3 Å². The van der Waals surface area contributed by atoms with Crippen LogP contribution in [0.4, 0.5) is 0 Å². The number of allylic oxidation sites excluding steroid dienone is 2. The van der Waals surface area contributed by atoms with E-state index in [4.69, 9.17) is 57.5 Å². The van der Waals surface area contributed by atoms with Crippen LogP contribution in [0, 0.1) is 5.92 Å². The molecular weight excluding hydrogens is 1680 g/mol. The highest BCUT2D eigenvalue weighted by Gasteiger charge is 2.48. The summed E-state index contributed by atoms with van der Waals surface area (Å²) in [5, 5.41) is 115. The van der Waals surface area contributed by atoms with Gasteiger partial charge in [0.2, 0.25) is 47.3 Å². The molecule has 16 unspecified atom stereocenters. The summed E-state index contributed by atoms with van der Waals surface area (Å²) in [6, 6.07) is -3.19. The number of aliphatic hydroxyl groups excluding tert-OH is 9. The van der Waals surface area contributed by atoms with E-state index in [1.165, 1.54) is 39.2 Å². The fourth-order valence-electron chi connectivity index (χ4n) is 14.7. The molecule has 4 heterocycles. The van der Waals surface area contributed by atoms with Gasteiger partial charge in [0.25, 0.3) is 0 Å². The second-order valence-electron chi connectivity index (χ2n) is 32.6. The zero-order valence-corrected chi connectivity index (χ0v) is 75.8.